The number of aryl methyl sites for hydroxylation is 2. The van der Waals surface area contributed by atoms with Crippen LogP contribution in [0.3, 0.4) is 0 Å². The predicted octanol–water partition coefficient (Wildman–Crippen LogP) is 4.78. The molecule has 0 fully saturated rings. The van der Waals surface area contributed by atoms with E-state index in [-0.39, 0.29) is 0 Å². The molecule has 0 bridgehead atoms. The molecule has 1 nitrogen and oxygen atoms in total. The minimum atomic E-state index is 0.405. The number of nitrogens with one attached hydrogen (secondary N) is 1. The van der Waals surface area contributed by atoms with Crippen molar-refractivity contribution in [3.05, 3.63) is 43.8 Å². The van der Waals surface area contributed by atoms with Crippen molar-refractivity contribution in [3.63, 3.8) is 0 Å². The Morgan fingerprint density at radius 2 is 2.11 bits per heavy atom. The Morgan fingerprint density at radius 3 is 2.89 bits per heavy atom. The fraction of sp³-hybridized carbons (Fsp3) is 0.500. The van der Waals surface area contributed by atoms with Gasteiger partial charge in [0, 0.05) is 14.6 Å². The molecule has 1 aliphatic carbocycles. The van der Waals surface area contributed by atoms with Gasteiger partial charge in [0.1, 0.15) is 0 Å². The summed E-state index contributed by atoms with van der Waals surface area (Å²) in [6.45, 7) is 3.21. The number of fused-ring (bicyclic) bond motifs is 1. The van der Waals surface area contributed by atoms with Crippen LogP contribution in [0.4, 0.5) is 0 Å². The van der Waals surface area contributed by atoms with Crippen LogP contribution in [0.2, 0.25) is 0 Å². The third-order valence-electron chi connectivity index (χ3n) is 3.79. The van der Waals surface area contributed by atoms with Crippen LogP contribution in [-0.4, -0.2) is 6.54 Å². The molecule has 1 N–H and O–H groups in total. The lowest BCUT2D eigenvalue weighted by atomic mass is 10.1. The van der Waals surface area contributed by atoms with E-state index >= 15 is 0 Å². The van der Waals surface area contributed by atoms with Crippen LogP contribution in [0.1, 0.15) is 52.4 Å². The van der Waals surface area contributed by atoms with Gasteiger partial charge >= 0.3 is 0 Å². The highest BCUT2D eigenvalue weighted by atomic mass is 32.1. The van der Waals surface area contributed by atoms with Gasteiger partial charge in [0.05, 0.1) is 6.04 Å². The molecule has 102 valence electrons. The Kier molecular flexibility index (Phi) is 4.36. The quantitative estimate of drug-likeness (QED) is 0.800. The highest BCUT2D eigenvalue weighted by molar-refractivity contribution is 7.13. The zero-order valence-electron chi connectivity index (χ0n) is 11.4. The molecule has 0 radical (unpaired) electrons. The molecule has 0 saturated heterocycles. The molecule has 2 aromatic rings. The zero-order chi connectivity index (χ0) is 13.1. The molecule has 2 aromatic heterocycles. The van der Waals surface area contributed by atoms with Crippen molar-refractivity contribution in [1.29, 1.82) is 0 Å². The summed E-state index contributed by atoms with van der Waals surface area (Å²) in [5.41, 5.74) is 1.62. The molecule has 1 unspecified atom stereocenters. The molecule has 0 saturated carbocycles. The van der Waals surface area contributed by atoms with E-state index in [1.165, 1.54) is 41.9 Å². The summed E-state index contributed by atoms with van der Waals surface area (Å²) in [7, 11) is 0. The van der Waals surface area contributed by atoms with Crippen molar-refractivity contribution < 1.29 is 0 Å². The molecule has 0 spiro atoms. The fourth-order valence-corrected chi connectivity index (χ4v) is 5.08. The van der Waals surface area contributed by atoms with Gasteiger partial charge in [0.2, 0.25) is 0 Å². The first-order chi connectivity index (χ1) is 9.38. The summed E-state index contributed by atoms with van der Waals surface area (Å²) in [6, 6.07) is 7.28. The Labute approximate surface area is 123 Å². The maximum atomic E-state index is 3.65. The van der Waals surface area contributed by atoms with Gasteiger partial charge < -0.3 is 5.32 Å². The largest absolute Gasteiger partial charge is 0.305 e. The molecule has 2 heterocycles. The lowest BCUT2D eigenvalue weighted by molar-refractivity contribution is 0.648. The van der Waals surface area contributed by atoms with E-state index in [0.29, 0.717) is 6.04 Å². The molecular formula is C16H21NS2. The van der Waals surface area contributed by atoms with Gasteiger partial charge in [0.15, 0.2) is 0 Å². The smallest absolute Gasteiger partial charge is 0.0765 e. The zero-order valence-corrected chi connectivity index (χ0v) is 13.1. The van der Waals surface area contributed by atoms with Gasteiger partial charge in [0.25, 0.3) is 0 Å². The Morgan fingerprint density at radius 1 is 1.21 bits per heavy atom. The SMILES string of the molecule is CCNC(c1cccs1)c1cc2c(s1)CCCCC2. The van der Waals surface area contributed by atoms with Gasteiger partial charge in [-0.3, -0.25) is 0 Å². The molecule has 0 aliphatic heterocycles. The third kappa shape index (κ3) is 2.93. The van der Waals surface area contributed by atoms with Crippen molar-refractivity contribution in [3.8, 4) is 0 Å². The van der Waals surface area contributed by atoms with Crippen molar-refractivity contribution >= 4 is 22.7 Å². The summed E-state index contributed by atoms with van der Waals surface area (Å²) < 4.78 is 0. The molecule has 3 heteroatoms. The molecular weight excluding hydrogens is 270 g/mol. The summed E-state index contributed by atoms with van der Waals surface area (Å²) in [4.78, 5) is 4.60. The lowest BCUT2D eigenvalue weighted by Crippen LogP contribution is -2.20. The van der Waals surface area contributed by atoms with Gasteiger partial charge in [-0.15, -0.1) is 22.7 Å². The molecule has 3 rings (SSSR count). The fourth-order valence-electron chi connectivity index (χ4n) is 2.83. The summed E-state index contributed by atoms with van der Waals surface area (Å²) in [5, 5.41) is 5.83. The Balaban J connectivity index is 1.90. The van der Waals surface area contributed by atoms with Crippen molar-refractivity contribution in [1.82, 2.24) is 5.32 Å². The second-order valence-corrected chi connectivity index (χ2v) is 7.31. The van der Waals surface area contributed by atoms with E-state index in [1.807, 2.05) is 22.7 Å². The Hall–Kier alpha value is -0.640. The second kappa shape index (κ2) is 6.21. The monoisotopic (exact) mass is 291 g/mol. The van der Waals surface area contributed by atoms with E-state index < -0.39 is 0 Å². The Bertz CT molecular complexity index is 489. The van der Waals surface area contributed by atoms with Crippen LogP contribution < -0.4 is 5.32 Å². The molecule has 0 aromatic carbocycles. The maximum Gasteiger partial charge on any atom is 0.0765 e. The third-order valence-corrected chi connectivity index (χ3v) is 6.03. The standard InChI is InChI=1S/C16H21NS2/c1-2-17-16(14-9-6-10-18-14)15-11-12-7-4-3-5-8-13(12)19-15/h6,9-11,16-17H,2-5,7-8H2,1H3. The van der Waals surface area contributed by atoms with Crippen LogP contribution in [0, 0.1) is 0 Å². The number of thiophene rings is 2. The van der Waals surface area contributed by atoms with Crippen LogP contribution in [0.5, 0.6) is 0 Å². The normalized spacial score (nSPS) is 16.9. The maximum absolute atomic E-state index is 3.65. The molecule has 19 heavy (non-hydrogen) atoms. The first kappa shape index (κ1) is 13.3. The van der Waals surface area contributed by atoms with Crippen LogP contribution in [0.15, 0.2) is 23.6 Å². The average molecular weight is 291 g/mol. The van der Waals surface area contributed by atoms with Gasteiger partial charge in [-0.1, -0.05) is 19.4 Å². The van der Waals surface area contributed by atoms with Gasteiger partial charge in [-0.05, 0) is 55.3 Å². The topological polar surface area (TPSA) is 12.0 Å². The van der Waals surface area contributed by atoms with Crippen molar-refractivity contribution in [2.45, 2.75) is 45.1 Å². The summed E-state index contributed by atoms with van der Waals surface area (Å²) >= 11 is 3.90. The second-order valence-electron chi connectivity index (χ2n) is 5.16. The molecule has 1 atom stereocenters. The first-order valence-electron chi connectivity index (χ1n) is 7.26. The molecule has 1 aliphatic rings. The van der Waals surface area contributed by atoms with Crippen LogP contribution in [0.25, 0.3) is 0 Å². The average Bonchev–Trinajstić information content (AvgIpc) is 3.02. The van der Waals surface area contributed by atoms with Gasteiger partial charge in [-0.25, -0.2) is 0 Å². The predicted molar refractivity (Wildman–Crippen MR) is 85.4 cm³/mol. The number of hydrogen-bond donors (Lipinski definition) is 1. The highest BCUT2D eigenvalue weighted by Crippen LogP contribution is 2.36. The van der Waals surface area contributed by atoms with Crippen molar-refractivity contribution in [2.75, 3.05) is 6.54 Å². The summed E-state index contributed by atoms with van der Waals surface area (Å²) in [5.74, 6) is 0. The van der Waals surface area contributed by atoms with Crippen LogP contribution in [-0.2, 0) is 12.8 Å². The minimum Gasteiger partial charge on any atom is -0.305 e. The van der Waals surface area contributed by atoms with Crippen LogP contribution >= 0.6 is 22.7 Å². The van der Waals surface area contributed by atoms with E-state index in [0.717, 1.165) is 6.54 Å². The lowest BCUT2D eigenvalue weighted by Gasteiger charge is -2.14. The van der Waals surface area contributed by atoms with Crippen molar-refractivity contribution in [2.24, 2.45) is 0 Å². The van der Waals surface area contributed by atoms with E-state index in [9.17, 15) is 0 Å². The minimum absolute atomic E-state index is 0.405. The van der Waals surface area contributed by atoms with E-state index in [4.69, 9.17) is 0 Å². The van der Waals surface area contributed by atoms with E-state index in [2.05, 4.69) is 35.8 Å². The highest BCUT2D eigenvalue weighted by Gasteiger charge is 2.19. The number of hydrogen-bond acceptors (Lipinski definition) is 3. The van der Waals surface area contributed by atoms with E-state index in [1.54, 1.807) is 10.4 Å². The number of rotatable bonds is 4. The summed E-state index contributed by atoms with van der Waals surface area (Å²) in [6.07, 6.45) is 6.72. The van der Waals surface area contributed by atoms with Gasteiger partial charge in [-0.2, -0.15) is 0 Å². The first-order valence-corrected chi connectivity index (χ1v) is 8.96. The molecule has 0 amide bonds.